The Labute approximate surface area is 125 Å². The van der Waals surface area contributed by atoms with E-state index >= 15 is 0 Å². The number of hydrogen-bond donors (Lipinski definition) is 1. The third-order valence-corrected chi connectivity index (χ3v) is 4.58. The van der Waals surface area contributed by atoms with E-state index in [0.717, 1.165) is 6.54 Å². The molecule has 4 rings (SSSR count). The molecular weight excluding hydrogens is 254 g/mol. The van der Waals surface area contributed by atoms with Crippen molar-refractivity contribution in [3.63, 3.8) is 0 Å². The minimum absolute atomic E-state index is 0.428. The van der Waals surface area contributed by atoms with Crippen LogP contribution in [0.2, 0.25) is 0 Å². The minimum atomic E-state index is 0.428. The molecule has 0 radical (unpaired) electrons. The van der Waals surface area contributed by atoms with Gasteiger partial charge in [-0.05, 0) is 40.9 Å². The molecule has 3 aromatic rings. The van der Waals surface area contributed by atoms with Gasteiger partial charge in [0.1, 0.15) is 0 Å². The first-order valence-corrected chi connectivity index (χ1v) is 7.69. The number of fused-ring (bicyclic) bond motifs is 1. The summed E-state index contributed by atoms with van der Waals surface area (Å²) in [4.78, 5) is 0. The van der Waals surface area contributed by atoms with Crippen LogP contribution in [0.5, 0.6) is 0 Å². The second kappa shape index (κ2) is 5.34. The van der Waals surface area contributed by atoms with E-state index in [1.54, 1.807) is 0 Å². The largest absolute Gasteiger partial charge is 0.309 e. The molecule has 0 bridgehead atoms. The van der Waals surface area contributed by atoms with E-state index < -0.39 is 0 Å². The molecule has 21 heavy (non-hydrogen) atoms. The van der Waals surface area contributed by atoms with Crippen LogP contribution >= 0.6 is 0 Å². The molecule has 1 heteroatoms. The van der Waals surface area contributed by atoms with E-state index in [9.17, 15) is 0 Å². The molecule has 1 heterocycles. The molecule has 1 saturated heterocycles. The smallest absolute Gasteiger partial charge is 0.0390 e. The molecule has 1 N–H and O–H groups in total. The summed E-state index contributed by atoms with van der Waals surface area (Å²) in [6, 6.07) is 26.8. The molecule has 1 nitrogen and oxygen atoms in total. The lowest BCUT2D eigenvalue weighted by atomic mass is 9.87. The predicted octanol–water partition coefficient (Wildman–Crippen LogP) is 4.66. The summed E-state index contributed by atoms with van der Waals surface area (Å²) in [6.45, 7) is 1.09. The maximum atomic E-state index is 3.69. The monoisotopic (exact) mass is 273 g/mol. The molecule has 0 aromatic heterocycles. The van der Waals surface area contributed by atoms with Gasteiger partial charge >= 0.3 is 0 Å². The van der Waals surface area contributed by atoms with Crippen molar-refractivity contribution in [2.45, 2.75) is 18.4 Å². The zero-order valence-electron chi connectivity index (χ0n) is 12.0. The molecule has 0 saturated carbocycles. The van der Waals surface area contributed by atoms with Gasteiger partial charge < -0.3 is 5.32 Å². The molecule has 0 aliphatic carbocycles. The van der Waals surface area contributed by atoms with Crippen molar-refractivity contribution >= 4 is 10.8 Å². The predicted molar refractivity (Wildman–Crippen MR) is 88.5 cm³/mol. The summed E-state index contributed by atoms with van der Waals surface area (Å²) in [7, 11) is 0. The van der Waals surface area contributed by atoms with Crippen LogP contribution in [0.4, 0.5) is 0 Å². The van der Waals surface area contributed by atoms with E-state index in [1.165, 1.54) is 28.3 Å². The van der Waals surface area contributed by atoms with Gasteiger partial charge in [0.2, 0.25) is 0 Å². The van der Waals surface area contributed by atoms with Gasteiger partial charge in [0.05, 0.1) is 0 Å². The highest BCUT2D eigenvalue weighted by Crippen LogP contribution is 2.38. The Balaban J connectivity index is 1.73. The second-order valence-corrected chi connectivity index (χ2v) is 5.84. The fraction of sp³-hybridized carbons (Fsp3) is 0.200. The number of nitrogens with one attached hydrogen (secondary N) is 1. The number of benzene rings is 3. The van der Waals surface area contributed by atoms with Gasteiger partial charge in [-0.3, -0.25) is 0 Å². The first kappa shape index (κ1) is 12.6. The lowest BCUT2D eigenvalue weighted by molar-refractivity contribution is 0.578. The van der Waals surface area contributed by atoms with Crippen molar-refractivity contribution in [1.29, 1.82) is 0 Å². The van der Waals surface area contributed by atoms with Gasteiger partial charge in [-0.1, -0.05) is 66.7 Å². The van der Waals surface area contributed by atoms with Crippen LogP contribution in [0.1, 0.15) is 29.5 Å². The maximum Gasteiger partial charge on any atom is 0.0390 e. The fourth-order valence-corrected chi connectivity index (χ4v) is 3.51. The van der Waals surface area contributed by atoms with Gasteiger partial charge in [-0.2, -0.15) is 0 Å². The van der Waals surface area contributed by atoms with Gasteiger partial charge in [0, 0.05) is 12.0 Å². The third-order valence-electron chi connectivity index (χ3n) is 4.58. The highest BCUT2D eigenvalue weighted by atomic mass is 15.0. The SMILES string of the molecule is c1ccc(C2CCNC2c2ccc3ccccc3c2)cc1. The molecule has 1 aliphatic heterocycles. The van der Waals surface area contributed by atoms with E-state index in [2.05, 4.69) is 78.1 Å². The fourth-order valence-electron chi connectivity index (χ4n) is 3.51. The average Bonchev–Trinajstić information content (AvgIpc) is 3.05. The van der Waals surface area contributed by atoms with Crippen molar-refractivity contribution in [3.05, 3.63) is 83.9 Å². The van der Waals surface area contributed by atoms with Crippen LogP contribution in [0.3, 0.4) is 0 Å². The average molecular weight is 273 g/mol. The highest BCUT2D eigenvalue weighted by Gasteiger charge is 2.29. The Bertz CT molecular complexity index is 748. The normalized spacial score (nSPS) is 21.7. The summed E-state index contributed by atoms with van der Waals surface area (Å²) in [6.07, 6.45) is 1.21. The molecule has 0 amide bonds. The highest BCUT2D eigenvalue weighted by molar-refractivity contribution is 5.83. The third kappa shape index (κ3) is 2.34. The lowest BCUT2D eigenvalue weighted by Gasteiger charge is -2.21. The molecule has 104 valence electrons. The van der Waals surface area contributed by atoms with Crippen molar-refractivity contribution in [3.8, 4) is 0 Å². The number of rotatable bonds is 2. The molecular formula is C20H19N. The van der Waals surface area contributed by atoms with Crippen LogP contribution in [-0.4, -0.2) is 6.54 Å². The zero-order chi connectivity index (χ0) is 14.1. The summed E-state index contributed by atoms with van der Waals surface area (Å²) >= 11 is 0. The Morgan fingerprint density at radius 3 is 2.33 bits per heavy atom. The molecule has 2 unspecified atom stereocenters. The quantitative estimate of drug-likeness (QED) is 0.716. The first-order valence-electron chi connectivity index (χ1n) is 7.69. The molecule has 2 atom stereocenters. The summed E-state index contributed by atoms with van der Waals surface area (Å²) in [5, 5.41) is 6.33. The van der Waals surface area contributed by atoms with Crippen LogP contribution in [-0.2, 0) is 0 Å². The number of hydrogen-bond acceptors (Lipinski definition) is 1. The van der Waals surface area contributed by atoms with Gasteiger partial charge in [0.15, 0.2) is 0 Å². The van der Waals surface area contributed by atoms with Gasteiger partial charge in [0.25, 0.3) is 0 Å². The Morgan fingerprint density at radius 2 is 1.48 bits per heavy atom. The Hall–Kier alpha value is -2.12. The first-order chi connectivity index (χ1) is 10.4. The molecule has 1 fully saturated rings. The van der Waals surface area contributed by atoms with Gasteiger partial charge in [-0.15, -0.1) is 0 Å². The van der Waals surface area contributed by atoms with Gasteiger partial charge in [-0.25, -0.2) is 0 Å². The van der Waals surface area contributed by atoms with Crippen LogP contribution in [0.15, 0.2) is 72.8 Å². The second-order valence-electron chi connectivity index (χ2n) is 5.84. The Morgan fingerprint density at radius 1 is 0.714 bits per heavy atom. The summed E-state index contributed by atoms with van der Waals surface area (Å²) in [5.41, 5.74) is 2.85. The molecule has 1 aliphatic rings. The molecule has 3 aromatic carbocycles. The van der Waals surface area contributed by atoms with Crippen molar-refractivity contribution in [2.75, 3.05) is 6.54 Å². The Kier molecular flexibility index (Phi) is 3.21. The maximum absolute atomic E-state index is 3.69. The van der Waals surface area contributed by atoms with E-state index in [-0.39, 0.29) is 0 Å². The van der Waals surface area contributed by atoms with Crippen molar-refractivity contribution in [2.24, 2.45) is 0 Å². The summed E-state index contributed by atoms with van der Waals surface area (Å²) < 4.78 is 0. The van der Waals surface area contributed by atoms with Crippen molar-refractivity contribution < 1.29 is 0 Å². The van der Waals surface area contributed by atoms with Crippen LogP contribution in [0.25, 0.3) is 10.8 Å². The topological polar surface area (TPSA) is 12.0 Å². The van der Waals surface area contributed by atoms with E-state index in [4.69, 9.17) is 0 Å². The zero-order valence-corrected chi connectivity index (χ0v) is 12.0. The minimum Gasteiger partial charge on any atom is -0.309 e. The molecule has 0 spiro atoms. The van der Waals surface area contributed by atoms with E-state index in [1.807, 2.05) is 0 Å². The summed E-state index contributed by atoms with van der Waals surface area (Å²) in [5.74, 6) is 0.576. The van der Waals surface area contributed by atoms with E-state index in [0.29, 0.717) is 12.0 Å². The van der Waals surface area contributed by atoms with Crippen LogP contribution < -0.4 is 5.32 Å². The van der Waals surface area contributed by atoms with Crippen LogP contribution in [0, 0.1) is 0 Å². The lowest BCUT2D eigenvalue weighted by Crippen LogP contribution is -2.16. The standard InChI is InChI=1S/C20H19N/c1-2-7-16(8-3-1)19-12-13-21-20(19)18-11-10-15-6-4-5-9-17(15)14-18/h1-11,14,19-21H,12-13H2. The van der Waals surface area contributed by atoms with Crippen molar-refractivity contribution in [1.82, 2.24) is 5.32 Å².